The summed E-state index contributed by atoms with van der Waals surface area (Å²) in [7, 11) is 0. The van der Waals surface area contributed by atoms with Crippen molar-refractivity contribution < 1.29 is 6.29 Å². The number of aromatic amines is 1. The molecule has 0 aromatic carbocycles. The van der Waals surface area contributed by atoms with E-state index in [1.54, 1.807) is 12.3 Å². The van der Waals surface area contributed by atoms with Crippen LogP contribution in [0.15, 0.2) is 18.3 Å². The quantitative estimate of drug-likeness (QED) is 0.502. The first kappa shape index (κ1) is 5.46. The maximum Gasteiger partial charge on any atom is 0.209 e. The number of nitro groups is 1. The van der Waals surface area contributed by atoms with Crippen molar-refractivity contribution in [2.24, 2.45) is 0 Å². The standard InChI is InChI=1S/C6H8N2O2/c9-8(10)5-3-6-2-1-4-7-6/h1-2,4,7H,3,5H2/i2T. The van der Waals surface area contributed by atoms with Gasteiger partial charge in [-0.2, -0.15) is 0 Å². The minimum Gasteiger partial charge on any atom is -0.365 e. The van der Waals surface area contributed by atoms with Crippen molar-refractivity contribution in [3.63, 3.8) is 0 Å². The third-order valence-corrected chi connectivity index (χ3v) is 1.14. The lowest BCUT2D eigenvalue weighted by atomic mass is 10.3. The van der Waals surface area contributed by atoms with Gasteiger partial charge < -0.3 is 4.98 Å². The van der Waals surface area contributed by atoms with Crippen LogP contribution in [0.2, 0.25) is 0 Å². The van der Waals surface area contributed by atoms with Crippen molar-refractivity contribution in [1.82, 2.24) is 4.98 Å². The fourth-order valence-electron chi connectivity index (χ4n) is 0.674. The molecule has 0 bridgehead atoms. The van der Waals surface area contributed by atoms with Crippen LogP contribution >= 0.6 is 0 Å². The van der Waals surface area contributed by atoms with Gasteiger partial charge in [-0.1, -0.05) is 0 Å². The molecular formula is C6H8N2O2. The molecule has 4 nitrogen and oxygen atoms in total. The number of hydrogen-bond acceptors (Lipinski definition) is 2. The van der Waals surface area contributed by atoms with Crippen molar-refractivity contribution in [3.8, 4) is 0 Å². The molecule has 1 heterocycles. The van der Waals surface area contributed by atoms with Crippen LogP contribution in [-0.2, 0) is 6.42 Å². The van der Waals surface area contributed by atoms with Gasteiger partial charge in [-0.25, -0.2) is 0 Å². The van der Waals surface area contributed by atoms with E-state index in [1.165, 1.54) is 0 Å². The molecule has 1 aromatic heterocycles. The molecule has 0 aliphatic carbocycles. The summed E-state index contributed by atoms with van der Waals surface area (Å²) < 4.78 is 7.24. The summed E-state index contributed by atoms with van der Waals surface area (Å²) in [6.45, 7) is -0.119. The van der Waals surface area contributed by atoms with E-state index in [4.69, 9.17) is 1.37 Å². The normalized spacial score (nSPS) is 11.0. The maximum absolute atomic E-state index is 9.94. The lowest BCUT2D eigenvalue weighted by molar-refractivity contribution is -0.479. The molecule has 54 valence electrons. The Morgan fingerprint density at radius 3 is 3.20 bits per heavy atom. The third-order valence-electron chi connectivity index (χ3n) is 1.14. The van der Waals surface area contributed by atoms with Gasteiger partial charge in [0.15, 0.2) is 0 Å². The highest BCUT2D eigenvalue weighted by atomic mass is 16.6. The van der Waals surface area contributed by atoms with Gasteiger partial charge in [-0.15, -0.1) is 0 Å². The molecule has 0 saturated heterocycles. The fourth-order valence-corrected chi connectivity index (χ4v) is 0.674. The van der Waals surface area contributed by atoms with Crippen LogP contribution in [0.4, 0.5) is 0 Å². The minimum atomic E-state index is -0.389. The molecule has 0 unspecified atom stereocenters. The second-order valence-corrected chi connectivity index (χ2v) is 1.91. The van der Waals surface area contributed by atoms with Crippen molar-refractivity contribution in [3.05, 3.63) is 34.1 Å². The molecular weight excluding hydrogens is 132 g/mol. The fraction of sp³-hybridized carbons (Fsp3) is 0.333. The zero-order chi connectivity index (χ0) is 8.27. The Hall–Kier alpha value is -1.32. The van der Waals surface area contributed by atoms with Gasteiger partial charge in [0.05, 0.1) is 7.79 Å². The van der Waals surface area contributed by atoms with Crippen LogP contribution < -0.4 is 0 Å². The average molecular weight is 142 g/mol. The lowest BCUT2D eigenvalue weighted by Gasteiger charge is -1.89. The summed E-state index contributed by atoms with van der Waals surface area (Å²) in [5, 5.41) is 9.94. The largest absolute Gasteiger partial charge is 0.365 e. The molecule has 0 aliphatic heterocycles. The zero-order valence-electron chi connectivity index (χ0n) is 6.33. The summed E-state index contributed by atoms with van der Waals surface area (Å²) >= 11 is 0. The number of aromatic nitrogens is 1. The first-order chi connectivity index (χ1) is 5.20. The van der Waals surface area contributed by atoms with E-state index in [0.717, 1.165) is 0 Å². The molecule has 0 saturated carbocycles. The second-order valence-electron chi connectivity index (χ2n) is 1.91. The van der Waals surface area contributed by atoms with Gasteiger partial charge >= 0.3 is 0 Å². The van der Waals surface area contributed by atoms with Crippen molar-refractivity contribution in [2.75, 3.05) is 6.54 Å². The van der Waals surface area contributed by atoms with Crippen molar-refractivity contribution >= 4 is 0 Å². The van der Waals surface area contributed by atoms with Gasteiger partial charge in [0.1, 0.15) is 0 Å². The van der Waals surface area contributed by atoms with E-state index in [0.29, 0.717) is 18.2 Å². The van der Waals surface area contributed by atoms with Crippen LogP contribution in [-0.4, -0.2) is 16.5 Å². The van der Waals surface area contributed by atoms with Crippen LogP contribution in [0.5, 0.6) is 0 Å². The molecule has 1 rings (SSSR count). The highest BCUT2D eigenvalue weighted by Gasteiger charge is 1.98. The lowest BCUT2D eigenvalue weighted by Crippen LogP contribution is -2.03. The molecule has 1 aromatic rings. The average Bonchev–Trinajstić information content (AvgIpc) is 2.31. The predicted octanol–water partition coefficient (Wildman–Crippen LogP) is 0.834. The molecule has 0 aliphatic rings. The monoisotopic (exact) mass is 142 g/mol. The zero-order valence-corrected chi connectivity index (χ0v) is 5.33. The van der Waals surface area contributed by atoms with Gasteiger partial charge in [0.2, 0.25) is 6.54 Å². The van der Waals surface area contributed by atoms with Crippen LogP contribution in [0.1, 0.15) is 7.06 Å². The maximum atomic E-state index is 9.94. The van der Waals surface area contributed by atoms with E-state index in [-0.39, 0.29) is 11.5 Å². The first-order valence-electron chi connectivity index (χ1n) is 3.45. The number of nitrogens with zero attached hydrogens (tertiary/aromatic N) is 1. The van der Waals surface area contributed by atoms with Gasteiger partial charge in [0.25, 0.3) is 0 Å². The van der Waals surface area contributed by atoms with Gasteiger partial charge in [-0.3, -0.25) is 10.1 Å². The highest BCUT2D eigenvalue weighted by Crippen LogP contribution is 1.94. The Morgan fingerprint density at radius 2 is 2.70 bits per heavy atom. The number of nitrogens with one attached hydrogen (secondary N) is 1. The van der Waals surface area contributed by atoms with Crippen LogP contribution in [0, 0.1) is 10.1 Å². The Kier molecular flexibility index (Phi) is 1.64. The van der Waals surface area contributed by atoms with Crippen molar-refractivity contribution in [2.45, 2.75) is 6.42 Å². The third kappa shape index (κ3) is 1.89. The molecule has 1 N–H and O–H groups in total. The van der Waals surface area contributed by atoms with Gasteiger partial charge in [0, 0.05) is 16.8 Å². The SMILES string of the molecule is [3H]c1cc[nH]c1CC[N+](=O)[O-]. The highest BCUT2D eigenvalue weighted by molar-refractivity contribution is 5.03. The molecule has 0 radical (unpaired) electrons. The molecule has 0 amide bonds. The molecule has 4 heteroatoms. The summed E-state index contributed by atoms with van der Waals surface area (Å²) in [6, 6.07) is 1.92. The van der Waals surface area contributed by atoms with E-state index in [9.17, 15) is 10.1 Å². The topological polar surface area (TPSA) is 58.9 Å². The van der Waals surface area contributed by atoms with Gasteiger partial charge in [-0.05, 0) is 12.1 Å². The Morgan fingerprint density at radius 1 is 1.90 bits per heavy atom. The second kappa shape index (κ2) is 3.00. The summed E-state index contributed by atoms with van der Waals surface area (Å²) in [6.07, 6.45) is 1.91. The van der Waals surface area contributed by atoms with E-state index >= 15 is 0 Å². The Balaban J connectivity index is 2.51. The summed E-state index contributed by atoms with van der Waals surface area (Å²) in [5.74, 6) is 0. The van der Waals surface area contributed by atoms with Crippen LogP contribution in [0.25, 0.3) is 0 Å². The number of H-pyrrole nitrogens is 1. The smallest absolute Gasteiger partial charge is 0.209 e. The number of rotatable bonds is 3. The molecule has 0 spiro atoms. The van der Waals surface area contributed by atoms with Crippen molar-refractivity contribution in [1.29, 1.82) is 0 Å². The summed E-state index contributed by atoms with van der Waals surface area (Å²) in [5.41, 5.74) is 0.627. The first-order valence-corrected chi connectivity index (χ1v) is 2.95. The molecule has 10 heavy (non-hydrogen) atoms. The molecule has 0 atom stereocenters. The minimum absolute atomic E-state index is 0.119. The predicted molar refractivity (Wildman–Crippen MR) is 36.4 cm³/mol. The Bertz CT molecular complexity index is 259. The number of hydrogen-bond donors (Lipinski definition) is 1. The van der Waals surface area contributed by atoms with E-state index in [2.05, 4.69) is 4.98 Å². The Labute approximate surface area is 59.4 Å². The van der Waals surface area contributed by atoms with E-state index in [1.807, 2.05) is 0 Å². The molecule has 0 fully saturated rings. The van der Waals surface area contributed by atoms with E-state index < -0.39 is 0 Å². The summed E-state index contributed by atoms with van der Waals surface area (Å²) in [4.78, 5) is 12.3. The van der Waals surface area contributed by atoms with Crippen LogP contribution in [0.3, 0.4) is 0 Å².